The van der Waals surface area contributed by atoms with Crippen molar-refractivity contribution in [2.75, 3.05) is 38.5 Å². The zero-order valence-corrected chi connectivity index (χ0v) is 12.4. The van der Waals surface area contributed by atoms with Crippen molar-refractivity contribution in [2.45, 2.75) is 13.8 Å². The summed E-state index contributed by atoms with van der Waals surface area (Å²) in [5, 5.41) is 3.52. The number of carbonyl (C=O) groups is 1. The number of aryl methyl sites for hydroxylation is 2. The standard InChI is InChI=1S/C14H20ClN3O/c1-10-8-11(2)13(12(15)9-10)16-14(19)18-6-4-17(3)5-7-18/h8-9H,4-7H2,1-3H3,(H,16,19). The molecule has 1 aromatic rings. The van der Waals surface area contributed by atoms with Crippen molar-refractivity contribution in [3.63, 3.8) is 0 Å². The lowest BCUT2D eigenvalue weighted by Gasteiger charge is -2.32. The number of hydrogen-bond acceptors (Lipinski definition) is 2. The lowest BCUT2D eigenvalue weighted by Crippen LogP contribution is -2.48. The van der Waals surface area contributed by atoms with Gasteiger partial charge in [-0.15, -0.1) is 0 Å². The molecule has 1 saturated heterocycles. The Kier molecular flexibility index (Phi) is 4.32. The molecule has 4 nitrogen and oxygen atoms in total. The Morgan fingerprint density at radius 3 is 2.42 bits per heavy atom. The summed E-state index contributed by atoms with van der Waals surface area (Å²) in [4.78, 5) is 16.2. The molecule has 0 atom stereocenters. The number of nitrogens with one attached hydrogen (secondary N) is 1. The van der Waals surface area contributed by atoms with Gasteiger partial charge in [0.1, 0.15) is 0 Å². The maximum atomic E-state index is 12.2. The summed E-state index contributed by atoms with van der Waals surface area (Å²) in [7, 11) is 2.07. The fraction of sp³-hybridized carbons (Fsp3) is 0.500. The van der Waals surface area contributed by atoms with Crippen molar-refractivity contribution in [1.82, 2.24) is 9.80 Å². The minimum absolute atomic E-state index is 0.0676. The van der Waals surface area contributed by atoms with Crippen molar-refractivity contribution in [3.8, 4) is 0 Å². The normalized spacial score (nSPS) is 16.5. The topological polar surface area (TPSA) is 35.6 Å². The third kappa shape index (κ3) is 3.39. The van der Waals surface area contributed by atoms with E-state index in [0.717, 1.165) is 43.0 Å². The van der Waals surface area contributed by atoms with Crippen LogP contribution in [0.25, 0.3) is 0 Å². The second-order valence-electron chi connectivity index (χ2n) is 5.16. The number of nitrogens with zero attached hydrogens (tertiary/aromatic N) is 2. The Morgan fingerprint density at radius 1 is 1.21 bits per heavy atom. The van der Waals surface area contributed by atoms with Gasteiger partial charge in [-0.05, 0) is 38.1 Å². The van der Waals surface area contributed by atoms with Gasteiger partial charge in [0, 0.05) is 26.2 Å². The van der Waals surface area contributed by atoms with Crippen LogP contribution in [-0.2, 0) is 0 Å². The molecule has 0 radical (unpaired) electrons. The van der Waals surface area contributed by atoms with Crippen LogP contribution in [0.15, 0.2) is 12.1 Å². The van der Waals surface area contributed by atoms with E-state index >= 15 is 0 Å². The molecule has 104 valence electrons. The molecule has 1 fully saturated rings. The van der Waals surface area contributed by atoms with Crippen LogP contribution in [0, 0.1) is 13.8 Å². The summed E-state index contributed by atoms with van der Waals surface area (Å²) in [6.45, 7) is 7.28. The summed E-state index contributed by atoms with van der Waals surface area (Å²) in [6, 6.07) is 3.82. The lowest BCUT2D eigenvalue weighted by atomic mass is 10.1. The van der Waals surface area contributed by atoms with E-state index in [-0.39, 0.29) is 6.03 Å². The molecule has 1 N–H and O–H groups in total. The number of amides is 2. The first kappa shape index (κ1) is 14.2. The fourth-order valence-corrected chi connectivity index (χ4v) is 2.64. The van der Waals surface area contributed by atoms with Gasteiger partial charge >= 0.3 is 6.03 Å². The number of piperazine rings is 1. The van der Waals surface area contributed by atoms with Crippen LogP contribution in [0.1, 0.15) is 11.1 Å². The van der Waals surface area contributed by atoms with Crippen LogP contribution in [0.2, 0.25) is 5.02 Å². The zero-order chi connectivity index (χ0) is 14.0. The Morgan fingerprint density at radius 2 is 1.84 bits per heavy atom. The van der Waals surface area contributed by atoms with Crippen LogP contribution in [-0.4, -0.2) is 49.1 Å². The summed E-state index contributed by atoms with van der Waals surface area (Å²) in [5.41, 5.74) is 2.81. The first-order valence-electron chi connectivity index (χ1n) is 6.48. The van der Waals surface area contributed by atoms with E-state index in [1.165, 1.54) is 0 Å². The highest BCUT2D eigenvalue weighted by Crippen LogP contribution is 2.27. The van der Waals surface area contributed by atoms with Gasteiger partial charge in [0.15, 0.2) is 0 Å². The number of anilines is 1. The average molecular weight is 282 g/mol. The van der Waals surface area contributed by atoms with Crippen LogP contribution >= 0.6 is 11.6 Å². The van der Waals surface area contributed by atoms with Gasteiger partial charge in [-0.25, -0.2) is 4.79 Å². The summed E-state index contributed by atoms with van der Waals surface area (Å²) < 4.78 is 0. The van der Waals surface area contributed by atoms with E-state index in [1.807, 2.05) is 30.9 Å². The molecule has 2 rings (SSSR count). The highest BCUT2D eigenvalue weighted by molar-refractivity contribution is 6.34. The zero-order valence-electron chi connectivity index (χ0n) is 11.7. The third-order valence-electron chi connectivity index (χ3n) is 3.45. The monoisotopic (exact) mass is 281 g/mol. The van der Waals surface area contributed by atoms with E-state index in [0.29, 0.717) is 5.02 Å². The first-order valence-corrected chi connectivity index (χ1v) is 6.86. The molecule has 0 spiro atoms. The van der Waals surface area contributed by atoms with Crippen molar-refractivity contribution in [1.29, 1.82) is 0 Å². The molecule has 19 heavy (non-hydrogen) atoms. The smallest absolute Gasteiger partial charge is 0.321 e. The molecular weight excluding hydrogens is 262 g/mol. The molecule has 0 aromatic heterocycles. The maximum absolute atomic E-state index is 12.2. The molecule has 1 heterocycles. The predicted octanol–water partition coefficient (Wildman–Crippen LogP) is 2.74. The summed E-state index contributed by atoms with van der Waals surface area (Å²) >= 11 is 6.20. The van der Waals surface area contributed by atoms with Gasteiger partial charge in [-0.1, -0.05) is 17.7 Å². The Balaban J connectivity index is 2.07. The molecule has 0 unspecified atom stereocenters. The molecular formula is C14H20ClN3O. The van der Waals surface area contributed by atoms with Crippen molar-refractivity contribution < 1.29 is 4.79 Å². The lowest BCUT2D eigenvalue weighted by molar-refractivity contribution is 0.164. The molecule has 0 saturated carbocycles. The van der Waals surface area contributed by atoms with Crippen molar-refractivity contribution in [3.05, 3.63) is 28.3 Å². The van der Waals surface area contributed by atoms with Gasteiger partial charge in [0.05, 0.1) is 10.7 Å². The number of rotatable bonds is 1. The molecule has 1 aliphatic heterocycles. The molecule has 1 aromatic carbocycles. The van der Waals surface area contributed by atoms with Gasteiger partial charge in [-0.2, -0.15) is 0 Å². The van der Waals surface area contributed by atoms with Gasteiger partial charge < -0.3 is 15.1 Å². The van der Waals surface area contributed by atoms with Gasteiger partial charge in [-0.3, -0.25) is 0 Å². The highest BCUT2D eigenvalue weighted by Gasteiger charge is 2.20. The van der Waals surface area contributed by atoms with Gasteiger partial charge in [0.25, 0.3) is 0 Å². The molecule has 2 amide bonds. The number of urea groups is 1. The second-order valence-corrected chi connectivity index (χ2v) is 5.57. The Labute approximate surface area is 119 Å². The number of likely N-dealkylation sites (N-methyl/N-ethyl adjacent to an activating group) is 1. The quantitative estimate of drug-likeness (QED) is 0.859. The van der Waals surface area contributed by atoms with Crippen LogP contribution in [0.3, 0.4) is 0 Å². The molecule has 0 aliphatic carbocycles. The molecule has 5 heteroatoms. The SMILES string of the molecule is Cc1cc(C)c(NC(=O)N2CCN(C)CC2)c(Cl)c1. The minimum Gasteiger partial charge on any atom is -0.322 e. The number of carbonyl (C=O) groups excluding carboxylic acids is 1. The fourth-order valence-electron chi connectivity index (χ4n) is 2.27. The van der Waals surface area contributed by atoms with Crippen LogP contribution in [0.4, 0.5) is 10.5 Å². The van der Waals surface area contributed by atoms with E-state index in [9.17, 15) is 4.79 Å². The maximum Gasteiger partial charge on any atom is 0.321 e. The van der Waals surface area contributed by atoms with Gasteiger partial charge in [0.2, 0.25) is 0 Å². The Bertz CT molecular complexity index is 459. The number of benzene rings is 1. The average Bonchev–Trinajstić information content (AvgIpc) is 2.34. The largest absolute Gasteiger partial charge is 0.322 e. The highest BCUT2D eigenvalue weighted by atomic mass is 35.5. The van der Waals surface area contributed by atoms with Crippen LogP contribution in [0.5, 0.6) is 0 Å². The van der Waals surface area contributed by atoms with Crippen molar-refractivity contribution >= 4 is 23.3 Å². The van der Waals surface area contributed by atoms with Crippen molar-refractivity contribution in [2.24, 2.45) is 0 Å². The summed E-state index contributed by atoms with van der Waals surface area (Å²) in [5.74, 6) is 0. The van der Waals surface area contributed by atoms with E-state index < -0.39 is 0 Å². The second kappa shape index (κ2) is 5.80. The minimum atomic E-state index is -0.0676. The van der Waals surface area contributed by atoms with E-state index in [4.69, 9.17) is 11.6 Å². The third-order valence-corrected chi connectivity index (χ3v) is 3.75. The number of halogens is 1. The van der Waals surface area contributed by atoms with E-state index in [1.54, 1.807) is 0 Å². The predicted molar refractivity (Wildman–Crippen MR) is 79.0 cm³/mol. The van der Waals surface area contributed by atoms with E-state index in [2.05, 4.69) is 17.3 Å². The molecule has 1 aliphatic rings. The first-order chi connectivity index (χ1) is 8.97. The summed E-state index contributed by atoms with van der Waals surface area (Å²) in [6.07, 6.45) is 0. The molecule has 0 bridgehead atoms. The number of hydrogen-bond donors (Lipinski definition) is 1. The van der Waals surface area contributed by atoms with Crippen LogP contribution < -0.4 is 5.32 Å². The Hall–Kier alpha value is -1.26.